The summed E-state index contributed by atoms with van der Waals surface area (Å²) in [6.45, 7) is 0.721. The molecule has 4 heteroatoms. The molecule has 1 aromatic carbocycles. The first-order valence-corrected chi connectivity index (χ1v) is 5.02. The van der Waals surface area contributed by atoms with Crippen LogP contribution in [0.5, 0.6) is 0 Å². The van der Waals surface area contributed by atoms with Crippen molar-refractivity contribution in [2.24, 2.45) is 0 Å². The van der Waals surface area contributed by atoms with Crippen LogP contribution in [0.15, 0.2) is 18.2 Å². The molecule has 0 aromatic heterocycles. The van der Waals surface area contributed by atoms with Crippen molar-refractivity contribution in [2.45, 2.75) is 6.61 Å². The second-order valence-corrected chi connectivity index (χ2v) is 3.62. The number of hydrogen-bond donors (Lipinski definition) is 1. The fourth-order valence-corrected chi connectivity index (χ4v) is 1.52. The van der Waals surface area contributed by atoms with Crippen molar-refractivity contribution < 1.29 is 9.53 Å². The Labute approximate surface area is 94.4 Å². The van der Waals surface area contributed by atoms with Gasteiger partial charge in [0.25, 0.3) is 0 Å². The quantitative estimate of drug-likeness (QED) is 0.781. The molecule has 1 rings (SSSR count). The summed E-state index contributed by atoms with van der Waals surface area (Å²) in [5.74, 6) is 0.0204. The lowest BCUT2D eigenvalue weighted by Crippen LogP contribution is -2.20. The van der Waals surface area contributed by atoms with Gasteiger partial charge in [-0.05, 0) is 24.7 Å². The minimum atomic E-state index is 0.0204. The van der Waals surface area contributed by atoms with Gasteiger partial charge in [-0.1, -0.05) is 17.7 Å². The lowest BCUT2D eigenvalue weighted by Gasteiger charge is -2.08. The molecular weight excluding hydrogens is 214 g/mol. The molecule has 0 radical (unpaired) electrons. The Kier molecular flexibility index (Phi) is 4.75. The van der Waals surface area contributed by atoms with Gasteiger partial charge in [0, 0.05) is 17.7 Å². The van der Waals surface area contributed by atoms with Crippen molar-refractivity contribution in [3.05, 3.63) is 34.3 Å². The molecule has 0 fully saturated rings. The van der Waals surface area contributed by atoms with Gasteiger partial charge < -0.3 is 10.1 Å². The van der Waals surface area contributed by atoms with Crippen LogP contribution in [0.1, 0.15) is 15.9 Å². The van der Waals surface area contributed by atoms with Crippen molar-refractivity contribution >= 4 is 17.4 Å². The van der Waals surface area contributed by atoms with Gasteiger partial charge in [0.15, 0.2) is 5.78 Å². The van der Waals surface area contributed by atoms with Crippen molar-refractivity contribution in [1.82, 2.24) is 5.32 Å². The van der Waals surface area contributed by atoms with E-state index < -0.39 is 0 Å². The zero-order valence-electron chi connectivity index (χ0n) is 8.84. The summed E-state index contributed by atoms with van der Waals surface area (Å²) in [5.41, 5.74) is 1.49. The van der Waals surface area contributed by atoms with E-state index in [1.165, 1.54) is 0 Å². The number of carbonyl (C=O) groups is 1. The van der Waals surface area contributed by atoms with Crippen LogP contribution in [-0.2, 0) is 11.3 Å². The highest BCUT2D eigenvalue weighted by atomic mass is 35.5. The van der Waals surface area contributed by atoms with Crippen molar-refractivity contribution in [2.75, 3.05) is 20.7 Å². The van der Waals surface area contributed by atoms with Crippen LogP contribution in [0.25, 0.3) is 0 Å². The van der Waals surface area contributed by atoms with E-state index in [1.807, 2.05) is 6.07 Å². The molecule has 0 bridgehead atoms. The van der Waals surface area contributed by atoms with Gasteiger partial charge in [-0.2, -0.15) is 0 Å². The molecule has 1 aromatic rings. The third-order valence-electron chi connectivity index (χ3n) is 2.01. The number of methoxy groups -OCH3 is 1. The first-order valence-electron chi connectivity index (χ1n) is 4.64. The molecule has 0 saturated heterocycles. The van der Waals surface area contributed by atoms with E-state index in [0.29, 0.717) is 23.7 Å². The van der Waals surface area contributed by atoms with Gasteiger partial charge in [-0.25, -0.2) is 0 Å². The number of benzene rings is 1. The molecule has 0 aliphatic carbocycles. The zero-order chi connectivity index (χ0) is 11.3. The number of Topliss-reactive ketones (excluding diaryl/α,β-unsaturated/α-hetero) is 1. The molecule has 82 valence electrons. The topological polar surface area (TPSA) is 38.3 Å². The van der Waals surface area contributed by atoms with Crippen LogP contribution in [-0.4, -0.2) is 26.5 Å². The van der Waals surface area contributed by atoms with E-state index in [2.05, 4.69) is 5.32 Å². The third kappa shape index (κ3) is 3.30. The zero-order valence-corrected chi connectivity index (χ0v) is 9.60. The smallest absolute Gasteiger partial charge is 0.177 e. The molecule has 0 spiro atoms. The molecule has 15 heavy (non-hydrogen) atoms. The Morgan fingerprint density at radius 1 is 1.53 bits per heavy atom. The van der Waals surface area contributed by atoms with Crippen LogP contribution in [0.4, 0.5) is 0 Å². The maximum atomic E-state index is 11.7. The largest absolute Gasteiger partial charge is 0.380 e. The summed E-state index contributed by atoms with van der Waals surface area (Å²) in [6.07, 6.45) is 0. The van der Waals surface area contributed by atoms with Gasteiger partial charge in [0.1, 0.15) is 0 Å². The minimum absolute atomic E-state index is 0.0204. The van der Waals surface area contributed by atoms with Gasteiger partial charge >= 0.3 is 0 Å². The van der Waals surface area contributed by atoms with Crippen LogP contribution in [0.2, 0.25) is 5.02 Å². The molecule has 0 amide bonds. The Bertz CT molecular complexity index is 352. The predicted octanol–water partition coefficient (Wildman–Crippen LogP) is 1.89. The molecular formula is C11H14ClNO2. The second-order valence-electron chi connectivity index (χ2n) is 3.19. The highest BCUT2D eigenvalue weighted by Gasteiger charge is 2.10. The van der Waals surface area contributed by atoms with Gasteiger partial charge in [-0.3, -0.25) is 4.79 Å². The molecule has 3 nitrogen and oxygen atoms in total. The van der Waals surface area contributed by atoms with Gasteiger partial charge in [0.2, 0.25) is 0 Å². The normalized spacial score (nSPS) is 10.3. The van der Waals surface area contributed by atoms with Gasteiger partial charge in [-0.15, -0.1) is 0 Å². The number of carbonyl (C=O) groups excluding carboxylic acids is 1. The maximum absolute atomic E-state index is 11.7. The lowest BCUT2D eigenvalue weighted by atomic mass is 10.0. The number of hydrogen-bond acceptors (Lipinski definition) is 3. The molecule has 0 atom stereocenters. The second kappa shape index (κ2) is 5.85. The Balaban J connectivity index is 3.00. The third-order valence-corrected chi connectivity index (χ3v) is 2.24. The van der Waals surface area contributed by atoms with Crippen LogP contribution < -0.4 is 5.32 Å². The van der Waals surface area contributed by atoms with E-state index in [1.54, 1.807) is 26.3 Å². The standard InChI is InChI=1S/C11H14ClNO2/c1-13-6-11(14)10-5-9(12)4-3-8(10)7-15-2/h3-5,13H,6-7H2,1-2H3. The van der Waals surface area contributed by atoms with E-state index in [9.17, 15) is 4.79 Å². The highest BCUT2D eigenvalue weighted by Crippen LogP contribution is 2.17. The number of likely N-dealkylation sites (N-methyl/N-ethyl adjacent to an activating group) is 1. The number of nitrogens with one attached hydrogen (secondary N) is 1. The summed E-state index contributed by atoms with van der Waals surface area (Å²) in [5, 5.41) is 3.39. The maximum Gasteiger partial charge on any atom is 0.177 e. The SMILES string of the molecule is CNCC(=O)c1cc(Cl)ccc1COC. The number of rotatable bonds is 5. The van der Waals surface area contributed by atoms with Crippen LogP contribution in [0.3, 0.4) is 0 Å². The average molecular weight is 228 g/mol. The van der Waals surface area contributed by atoms with E-state index >= 15 is 0 Å². The Morgan fingerprint density at radius 3 is 2.87 bits per heavy atom. The van der Waals surface area contributed by atoms with E-state index in [0.717, 1.165) is 5.56 Å². The van der Waals surface area contributed by atoms with Crippen molar-refractivity contribution in [1.29, 1.82) is 0 Å². The molecule has 0 aliphatic rings. The highest BCUT2D eigenvalue weighted by molar-refractivity contribution is 6.31. The molecule has 0 saturated carbocycles. The summed E-state index contributed by atoms with van der Waals surface area (Å²) in [4.78, 5) is 11.7. The number of ether oxygens (including phenoxy) is 1. The fraction of sp³-hybridized carbons (Fsp3) is 0.364. The molecule has 0 heterocycles. The van der Waals surface area contributed by atoms with Crippen LogP contribution >= 0.6 is 11.6 Å². The van der Waals surface area contributed by atoms with Crippen LogP contribution in [0, 0.1) is 0 Å². The Morgan fingerprint density at radius 2 is 2.27 bits per heavy atom. The fourth-order valence-electron chi connectivity index (χ4n) is 1.35. The lowest BCUT2D eigenvalue weighted by molar-refractivity contribution is 0.0988. The number of halogens is 1. The van der Waals surface area contributed by atoms with Crippen molar-refractivity contribution in [3.8, 4) is 0 Å². The molecule has 0 unspecified atom stereocenters. The monoisotopic (exact) mass is 227 g/mol. The first-order chi connectivity index (χ1) is 7.19. The van der Waals surface area contributed by atoms with E-state index in [-0.39, 0.29) is 5.78 Å². The van der Waals surface area contributed by atoms with Gasteiger partial charge in [0.05, 0.1) is 13.2 Å². The average Bonchev–Trinajstić information content (AvgIpc) is 2.21. The molecule has 1 N–H and O–H groups in total. The summed E-state index contributed by atoms with van der Waals surface area (Å²) in [7, 11) is 3.33. The summed E-state index contributed by atoms with van der Waals surface area (Å²) < 4.78 is 5.02. The minimum Gasteiger partial charge on any atom is -0.380 e. The summed E-state index contributed by atoms with van der Waals surface area (Å²) >= 11 is 5.85. The summed E-state index contributed by atoms with van der Waals surface area (Å²) in [6, 6.07) is 5.25. The predicted molar refractivity (Wildman–Crippen MR) is 60.4 cm³/mol. The molecule has 0 aliphatic heterocycles. The Hall–Kier alpha value is -0.900. The van der Waals surface area contributed by atoms with Crippen molar-refractivity contribution in [3.63, 3.8) is 0 Å². The van der Waals surface area contributed by atoms with E-state index in [4.69, 9.17) is 16.3 Å². The number of ketones is 1. The first kappa shape index (κ1) is 12.2.